The first-order chi connectivity index (χ1) is 5.23. The zero-order valence-corrected chi connectivity index (χ0v) is 6.01. The number of nitrogens with zero attached hydrogens (tertiary/aromatic N) is 4. The SMILES string of the molecule is CC1(n2ncnn2)OCC1O. The predicted molar refractivity (Wildman–Crippen MR) is 33.4 cm³/mol. The van der Waals surface area contributed by atoms with Crippen molar-refractivity contribution in [1.82, 2.24) is 20.2 Å². The lowest BCUT2D eigenvalue weighted by atomic mass is 10.1. The van der Waals surface area contributed by atoms with Crippen molar-refractivity contribution in [2.24, 2.45) is 0 Å². The van der Waals surface area contributed by atoms with Gasteiger partial charge in [0.1, 0.15) is 6.10 Å². The third kappa shape index (κ3) is 0.763. The van der Waals surface area contributed by atoms with E-state index in [2.05, 4.69) is 15.4 Å². The molecule has 0 spiro atoms. The normalized spacial score (nSPS) is 36.7. The van der Waals surface area contributed by atoms with Gasteiger partial charge in [-0.2, -0.15) is 0 Å². The number of aromatic nitrogens is 4. The molecule has 1 N–H and O–H groups in total. The Kier molecular flexibility index (Phi) is 1.21. The van der Waals surface area contributed by atoms with Gasteiger partial charge in [0.2, 0.25) is 5.72 Å². The third-order valence-corrected chi connectivity index (χ3v) is 1.90. The second-order valence-electron chi connectivity index (χ2n) is 2.61. The summed E-state index contributed by atoms with van der Waals surface area (Å²) in [6.07, 6.45) is 0.760. The van der Waals surface area contributed by atoms with Crippen LogP contribution in [0, 0.1) is 0 Å². The quantitative estimate of drug-likeness (QED) is 0.549. The Balaban J connectivity index is 2.28. The second kappa shape index (κ2) is 1.99. The maximum atomic E-state index is 9.29. The van der Waals surface area contributed by atoms with E-state index in [-0.39, 0.29) is 0 Å². The number of hydrogen-bond donors (Lipinski definition) is 1. The van der Waals surface area contributed by atoms with Crippen molar-refractivity contribution in [1.29, 1.82) is 0 Å². The minimum absolute atomic E-state index is 0.331. The van der Waals surface area contributed by atoms with Crippen molar-refractivity contribution in [3.05, 3.63) is 6.33 Å². The highest BCUT2D eigenvalue weighted by molar-refractivity contribution is 4.84. The van der Waals surface area contributed by atoms with Gasteiger partial charge in [0.25, 0.3) is 0 Å². The van der Waals surface area contributed by atoms with Crippen molar-refractivity contribution in [2.75, 3.05) is 6.61 Å². The van der Waals surface area contributed by atoms with E-state index in [0.717, 1.165) is 0 Å². The maximum Gasteiger partial charge on any atom is 0.206 e. The van der Waals surface area contributed by atoms with Crippen LogP contribution in [-0.2, 0) is 10.5 Å². The molecule has 2 heterocycles. The summed E-state index contributed by atoms with van der Waals surface area (Å²) < 4.78 is 5.12. The molecular weight excluding hydrogens is 148 g/mol. The number of hydrogen-bond acceptors (Lipinski definition) is 5. The van der Waals surface area contributed by atoms with E-state index < -0.39 is 11.8 Å². The summed E-state index contributed by atoms with van der Waals surface area (Å²) in [4.78, 5) is 1.27. The molecule has 0 amide bonds. The summed E-state index contributed by atoms with van der Waals surface area (Å²) in [7, 11) is 0. The highest BCUT2D eigenvalue weighted by Gasteiger charge is 2.47. The highest BCUT2D eigenvalue weighted by atomic mass is 16.6. The number of rotatable bonds is 1. The van der Waals surface area contributed by atoms with Crippen molar-refractivity contribution in [3.8, 4) is 0 Å². The van der Waals surface area contributed by atoms with Crippen LogP contribution in [0.3, 0.4) is 0 Å². The van der Waals surface area contributed by atoms with Gasteiger partial charge in [0.15, 0.2) is 6.33 Å². The smallest absolute Gasteiger partial charge is 0.206 e. The zero-order valence-electron chi connectivity index (χ0n) is 6.01. The van der Waals surface area contributed by atoms with Crippen LogP contribution in [0.25, 0.3) is 0 Å². The van der Waals surface area contributed by atoms with E-state index in [0.29, 0.717) is 6.61 Å². The lowest BCUT2D eigenvalue weighted by Gasteiger charge is -2.41. The van der Waals surface area contributed by atoms with Crippen molar-refractivity contribution in [2.45, 2.75) is 18.8 Å². The lowest BCUT2D eigenvalue weighted by Crippen LogP contribution is -2.58. The maximum absolute atomic E-state index is 9.29. The van der Waals surface area contributed by atoms with Crippen LogP contribution in [0.1, 0.15) is 6.92 Å². The van der Waals surface area contributed by atoms with Crippen LogP contribution in [-0.4, -0.2) is 38.0 Å². The highest BCUT2D eigenvalue weighted by Crippen LogP contribution is 2.29. The van der Waals surface area contributed by atoms with Crippen LogP contribution in [0.5, 0.6) is 0 Å². The number of aliphatic hydroxyl groups excluding tert-OH is 1. The molecule has 2 atom stereocenters. The average Bonchev–Trinajstić information content (AvgIpc) is 2.52. The van der Waals surface area contributed by atoms with Gasteiger partial charge in [0.05, 0.1) is 6.61 Å². The van der Waals surface area contributed by atoms with Crippen LogP contribution in [0.15, 0.2) is 6.33 Å². The molecule has 6 heteroatoms. The zero-order chi connectivity index (χ0) is 7.90. The fourth-order valence-electron chi connectivity index (χ4n) is 0.961. The minimum atomic E-state index is -0.809. The fourth-order valence-corrected chi connectivity index (χ4v) is 0.961. The molecule has 2 unspecified atom stereocenters. The fraction of sp³-hybridized carbons (Fsp3) is 0.800. The van der Waals surface area contributed by atoms with Gasteiger partial charge in [-0.15, -0.1) is 15.0 Å². The molecule has 1 aromatic heterocycles. The first-order valence-electron chi connectivity index (χ1n) is 3.29. The summed E-state index contributed by atoms with van der Waals surface area (Å²) in [5.74, 6) is 0. The molecule has 1 saturated heterocycles. The predicted octanol–water partition coefficient (Wildman–Crippen LogP) is -1.26. The first-order valence-corrected chi connectivity index (χ1v) is 3.29. The first kappa shape index (κ1) is 6.68. The van der Waals surface area contributed by atoms with Gasteiger partial charge in [-0.3, -0.25) is 0 Å². The van der Waals surface area contributed by atoms with E-state index in [1.54, 1.807) is 6.92 Å². The van der Waals surface area contributed by atoms with E-state index >= 15 is 0 Å². The van der Waals surface area contributed by atoms with E-state index in [4.69, 9.17) is 4.74 Å². The third-order valence-electron chi connectivity index (χ3n) is 1.90. The number of ether oxygens (including phenoxy) is 1. The van der Waals surface area contributed by atoms with Gasteiger partial charge in [-0.25, -0.2) is 0 Å². The molecule has 1 aliphatic heterocycles. The van der Waals surface area contributed by atoms with E-state index in [9.17, 15) is 5.11 Å². The average molecular weight is 156 g/mol. The number of aliphatic hydroxyl groups is 1. The van der Waals surface area contributed by atoms with Gasteiger partial charge >= 0.3 is 0 Å². The Bertz CT molecular complexity index is 249. The van der Waals surface area contributed by atoms with Gasteiger partial charge in [-0.1, -0.05) is 0 Å². The van der Waals surface area contributed by atoms with Crippen LogP contribution in [0.2, 0.25) is 0 Å². The molecule has 1 fully saturated rings. The monoisotopic (exact) mass is 156 g/mol. The molecule has 11 heavy (non-hydrogen) atoms. The van der Waals surface area contributed by atoms with E-state index in [1.807, 2.05) is 0 Å². The summed E-state index contributed by atoms with van der Waals surface area (Å²) >= 11 is 0. The molecule has 0 aromatic carbocycles. The molecule has 0 aliphatic carbocycles. The Hall–Kier alpha value is -1.01. The Morgan fingerprint density at radius 3 is 3.00 bits per heavy atom. The van der Waals surface area contributed by atoms with Crippen molar-refractivity contribution < 1.29 is 9.84 Å². The molecule has 0 bridgehead atoms. The summed E-state index contributed by atoms with van der Waals surface area (Å²) in [6, 6.07) is 0. The Labute approximate surface area is 62.8 Å². The molecule has 60 valence electrons. The van der Waals surface area contributed by atoms with Crippen molar-refractivity contribution >= 4 is 0 Å². The Morgan fingerprint density at radius 1 is 1.82 bits per heavy atom. The van der Waals surface area contributed by atoms with E-state index in [1.165, 1.54) is 11.1 Å². The van der Waals surface area contributed by atoms with Gasteiger partial charge < -0.3 is 9.84 Å². The minimum Gasteiger partial charge on any atom is -0.386 e. The molecule has 2 rings (SSSR count). The summed E-state index contributed by atoms with van der Waals surface area (Å²) in [5.41, 5.74) is -0.809. The molecule has 0 saturated carbocycles. The number of tetrazole rings is 1. The summed E-state index contributed by atoms with van der Waals surface area (Å²) in [6.45, 7) is 2.04. The van der Waals surface area contributed by atoms with Crippen molar-refractivity contribution in [3.63, 3.8) is 0 Å². The lowest BCUT2D eigenvalue weighted by molar-refractivity contribution is -0.287. The molecule has 0 radical (unpaired) electrons. The second-order valence-corrected chi connectivity index (χ2v) is 2.61. The van der Waals surface area contributed by atoms with Crippen LogP contribution in [0.4, 0.5) is 0 Å². The standard InChI is InChI=1S/C5H8N4O2/c1-5(4(10)2-11-5)9-7-3-6-8-9/h3-4,10H,2H2,1H3. The largest absolute Gasteiger partial charge is 0.386 e. The Morgan fingerprint density at radius 2 is 2.64 bits per heavy atom. The van der Waals surface area contributed by atoms with Crippen LogP contribution >= 0.6 is 0 Å². The molecule has 1 aromatic rings. The topological polar surface area (TPSA) is 73.1 Å². The van der Waals surface area contributed by atoms with Crippen LogP contribution < -0.4 is 0 Å². The molecule has 6 nitrogen and oxygen atoms in total. The van der Waals surface area contributed by atoms with Gasteiger partial charge in [-0.05, 0) is 12.1 Å². The summed E-state index contributed by atoms with van der Waals surface area (Å²) in [5, 5.41) is 20.2. The van der Waals surface area contributed by atoms with Gasteiger partial charge in [0, 0.05) is 0 Å². The molecule has 1 aliphatic rings. The molecular formula is C5H8N4O2.